The fraction of sp³-hybridized carbons (Fsp3) is 0.227. The number of anilines is 1. The predicted octanol–water partition coefficient (Wildman–Crippen LogP) is 5.09. The van der Waals surface area contributed by atoms with E-state index in [9.17, 15) is 4.39 Å². The van der Waals surface area contributed by atoms with E-state index in [2.05, 4.69) is 4.98 Å². The quantitative estimate of drug-likeness (QED) is 0.683. The van der Waals surface area contributed by atoms with E-state index >= 15 is 0 Å². The summed E-state index contributed by atoms with van der Waals surface area (Å²) in [7, 11) is 0. The highest BCUT2D eigenvalue weighted by Gasteiger charge is 2.33. The SMILES string of the molecule is CC1(C)OC[C@H](c2cc(N)nc(-c3ccc(Oc4ccc(F)cc4)cc3)c2)O1. The third-order valence-corrected chi connectivity index (χ3v) is 4.45. The summed E-state index contributed by atoms with van der Waals surface area (Å²) in [6, 6.07) is 17.1. The minimum atomic E-state index is -0.609. The van der Waals surface area contributed by atoms with Gasteiger partial charge in [0.05, 0.1) is 12.3 Å². The molecule has 1 aliphatic heterocycles. The molecule has 0 spiro atoms. The van der Waals surface area contributed by atoms with Gasteiger partial charge in [0, 0.05) is 5.56 Å². The van der Waals surface area contributed by atoms with Gasteiger partial charge in [-0.2, -0.15) is 0 Å². The Labute approximate surface area is 162 Å². The lowest BCUT2D eigenvalue weighted by molar-refractivity contribution is -0.139. The molecular formula is C22H21FN2O3. The van der Waals surface area contributed by atoms with E-state index in [0.29, 0.717) is 23.9 Å². The highest BCUT2D eigenvalue weighted by Crippen LogP contribution is 2.35. The van der Waals surface area contributed by atoms with Crippen LogP contribution in [-0.4, -0.2) is 17.4 Å². The highest BCUT2D eigenvalue weighted by atomic mass is 19.1. The summed E-state index contributed by atoms with van der Waals surface area (Å²) >= 11 is 0. The molecule has 1 aromatic heterocycles. The van der Waals surface area contributed by atoms with E-state index in [4.69, 9.17) is 19.9 Å². The van der Waals surface area contributed by atoms with Crippen LogP contribution in [0, 0.1) is 5.82 Å². The summed E-state index contributed by atoms with van der Waals surface area (Å²) in [5, 5.41) is 0. The van der Waals surface area contributed by atoms with Crippen LogP contribution in [-0.2, 0) is 9.47 Å². The lowest BCUT2D eigenvalue weighted by Crippen LogP contribution is -2.19. The molecule has 0 saturated carbocycles. The second-order valence-electron chi connectivity index (χ2n) is 7.11. The average Bonchev–Trinajstić information content (AvgIpc) is 3.04. The van der Waals surface area contributed by atoms with Gasteiger partial charge in [0.25, 0.3) is 0 Å². The van der Waals surface area contributed by atoms with Crippen LogP contribution < -0.4 is 10.5 Å². The van der Waals surface area contributed by atoms with Crippen LogP contribution in [0.15, 0.2) is 60.7 Å². The molecule has 3 aromatic rings. The second kappa shape index (κ2) is 7.22. The fourth-order valence-electron chi connectivity index (χ4n) is 3.09. The third-order valence-electron chi connectivity index (χ3n) is 4.45. The topological polar surface area (TPSA) is 66.6 Å². The largest absolute Gasteiger partial charge is 0.457 e. The molecule has 1 saturated heterocycles. The Bertz CT molecular complexity index is 972. The molecule has 6 heteroatoms. The first-order valence-corrected chi connectivity index (χ1v) is 9.01. The lowest BCUT2D eigenvalue weighted by atomic mass is 10.1. The molecular weight excluding hydrogens is 359 g/mol. The number of rotatable bonds is 4. The van der Waals surface area contributed by atoms with Crippen molar-refractivity contribution in [3.8, 4) is 22.8 Å². The fourth-order valence-corrected chi connectivity index (χ4v) is 3.09. The maximum Gasteiger partial charge on any atom is 0.163 e. The molecule has 0 unspecified atom stereocenters. The number of pyridine rings is 1. The van der Waals surface area contributed by atoms with Crippen molar-refractivity contribution in [1.29, 1.82) is 0 Å². The third kappa shape index (κ3) is 4.13. The molecule has 2 heterocycles. The number of nitrogens with two attached hydrogens (primary N) is 1. The number of nitrogens with zero attached hydrogens (tertiary/aromatic N) is 1. The van der Waals surface area contributed by atoms with Gasteiger partial charge in [-0.1, -0.05) is 0 Å². The van der Waals surface area contributed by atoms with Gasteiger partial charge in [-0.3, -0.25) is 0 Å². The molecule has 2 aromatic carbocycles. The Morgan fingerprint density at radius 1 is 1.04 bits per heavy atom. The van der Waals surface area contributed by atoms with Gasteiger partial charge < -0.3 is 19.9 Å². The van der Waals surface area contributed by atoms with Crippen LogP contribution in [0.25, 0.3) is 11.3 Å². The molecule has 1 fully saturated rings. The molecule has 0 radical (unpaired) electrons. The molecule has 0 bridgehead atoms. The maximum absolute atomic E-state index is 13.0. The zero-order valence-electron chi connectivity index (χ0n) is 15.7. The van der Waals surface area contributed by atoms with Crippen LogP contribution in [0.4, 0.5) is 10.2 Å². The lowest BCUT2D eigenvalue weighted by Gasteiger charge is -2.17. The average molecular weight is 380 g/mol. The van der Waals surface area contributed by atoms with Gasteiger partial charge in [-0.05, 0) is 80.1 Å². The monoisotopic (exact) mass is 380 g/mol. The number of hydrogen-bond acceptors (Lipinski definition) is 5. The Kier molecular flexibility index (Phi) is 4.75. The first kappa shape index (κ1) is 18.4. The molecule has 28 heavy (non-hydrogen) atoms. The number of benzene rings is 2. The molecule has 1 atom stereocenters. The van der Waals surface area contributed by atoms with Crippen LogP contribution in [0.1, 0.15) is 25.5 Å². The minimum Gasteiger partial charge on any atom is -0.457 e. The second-order valence-corrected chi connectivity index (χ2v) is 7.11. The van der Waals surface area contributed by atoms with Crippen molar-refractivity contribution < 1.29 is 18.6 Å². The van der Waals surface area contributed by atoms with Gasteiger partial charge in [-0.25, -0.2) is 9.37 Å². The number of halogens is 1. The van der Waals surface area contributed by atoms with Crippen LogP contribution in [0.2, 0.25) is 0 Å². The summed E-state index contributed by atoms with van der Waals surface area (Å²) in [5.74, 6) is 0.731. The van der Waals surface area contributed by atoms with Crippen molar-refractivity contribution in [2.45, 2.75) is 25.7 Å². The van der Waals surface area contributed by atoms with Crippen molar-refractivity contribution in [1.82, 2.24) is 4.98 Å². The number of aromatic nitrogens is 1. The van der Waals surface area contributed by atoms with Crippen LogP contribution in [0.3, 0.4) is 0 Å². The first-order valence-electron chi connectivity index (χ1n) is 9.01. The Morgan fingerprint density at radius 3 is 2.29 bits per heavy atom. The summed E-state index contributed by atoms with van der Waals surface area (Å²) < 4.78 is 30.3. The highest BCUT2D eigenvalue weighted by molar-refractivity contribution is 5.63. The zero-order chi connectivity index (χ0) is 19.7. The van der Waals surface area contributed by atoms with Gasteiger partial charge in [0.1, 0.15) is 29.2 Å². The number of ether oxygens (including phenoxy) is 3. The normalized spacial score (nSPS) is 18.2. The minimum absolute atomic E-state index is 0.180. The van der Waals surface area contributed by atoms with Crippen molar-refractivity contribution in [2.75, 3.05) is 12.3 Å². The Hall–Kier alpha value is -2.96. The van der Waals surface area contributed by atoms with Crippen molar-refractivity contribution in [2.24, 2.45) is 0 Å². The Morgan fingerprint density at radius 2 is 1.68 bits per heavy atom. The predicted molar refractivity (Wildman–Crippen MR) is 104 cm³/mol. The van der Waals surface area contributed by atoms with Crippen molar-refractivity contribution in [3.05, 3.63) is 72.0 Å². The van der Waals surface area contributed by atoms with E-state index in [0.717, 1.165) is 16.8 Å². The van der Waals surface area contributed by atoms with E-state index in [-0.39, 0.29) is 11.9 Å². The first-order chi connectivity index (χ1) is 13.4. The Balaban J connectivity index is 1.55. The standard InChI is InChI=1S/C22H21FN2O3/c1-22(2)26-13-20(28-22)15-11-19(25-21(24)12-15)14-3-7-17(8-4-14)27-18-9-5-16(23)6-10-18/h3-12,20H,13H2,1-2H3,(H2,24,25)/t20-/m1/s1. The number of hydrogen-bond donors (Lipinski definition) is 1. The molecule has 2 N–H and O–H groups in total. The summed E-state index contributed by atoms with van der Waals surface area (Å²) in [5.41, 5.74) is 8.59. The smallest absolute Gasteiger partial charge is 0.163 e. The van der Waals surface area contributed by atoms with Gasteiger partial charge in [0.15, 0.2) is 5.79 Å². The van der Waals surface area contributed by atoms with Gasteiger partial charge in [-0.15, -0.1) is 0 Å². The van der Waals surface area contributed by atoms with E-state index in [1.807, 2.05) is 50.2 Å². The van der Waals surface area contributed by atoms with Crippen molar-refractivity contribution >= 4 is 5.82 Å². The van der Waals surface area contributed by atoms with Gasteiger partial charge in [0.2, 0.25) is 0 Å². The summed E-state index contributed by atoms with van der Waals surface area (Å²) in [6.45, 7) is 4.25. The maximum atomic E-state index is 13.0. The van der Waals surface area contributed by atoms with E-state index in [1.54, 1.807) is 12.1 Å². The molecule has 0 aliphatic carbocycles. The van der Waals surface area contributed by atoms with E-state index in [1.165, 1.54) is 12.1 Å². The van der Waals surface area contributed by atoms with Gasteiger partial charge >= 0.3 is 0 Å². The van der Waals surface area contributed by atoms with Crippen LogP contribution >= 0.6 is 0 Å². The van der Waals surface area contributed by atoms with E-state index < -0.39 is 5.79 Å². The molecule has 0 amide bonds. The van der Waals surface area contributed by atoms with Crippen LogP contribution in [0.5, 0.6) is 11.5 Å². The molecule has 144 valence electrons. The summed E-state index contributed by atoms with van der Waals surface area (Å²) in [6.07, 6.45) is -0.180. The molecule has 4 rings (SSSR count). The molecule has 5 nitrogen and oxygen atoms in total. The zero-order valence-corrected chi connectivity index (χ0v) is 15.7. The molecule has 1 aliphatic rings. The number of nitrogen functional groups attached to an aromatic ring is 1. The van der Waals surface area contributed by atoms with Crippen molar-refractivity contribution in [3.63, 3.8) is 0 Å². The summed E-state index contributed by atoms with van der Waals surface area (Å²) in [4.78, 5) is 4.43.